The van der Waals surface area contributed by atoms with Gasteiger partial charge in [0.05, 0.1) is 11.1 Å². The molecule has 2 amide bonds. The van der Waals surface area contributed by atoms with Crippen LogP contribution in [0.2, 0.25) is 0 Å². The number of hydrogen-bond acceptors (Lipinski definition) is 6. The van der Waals surface area contributed by atoms with Gasteiger partial charge in [0.25, 0.3) is 11.8 Å². The number of ether oxygens (including phenoxy) is 1. The molecule has 1 aliphatic rings. The van der Waals surface area contributed by atoms with E-state index in [9.17, 15) is 14.4 Å². The summed E-state index contributed by atoms with van der Waals surface area (Å²) >= 11 is 3.29. The average Bonchev–Trinajstić information content (AvgIpc) is 3.09. The van der Waals surface area contributed by atoms with E-state index in [1.165, 1.54) is 0 Å². The van der Waals surface area contributed by atoms with Crippen LogP contribution in [-0.2, 0) is 16.1 Å². The van der Waals surface area contributed by atoms with Crippen LogP contribution >= 0.6 is 15.9 Å². The van der Waals surface area contributed by atoms with Crippen molar-refractivity contribution in [3.63, 3.8) is 0 Å². The van der Waals surface area contributed by atoms with Gasteiger partial charge in [-0.3, -0.25) is 19.3 Å². The molecular weight excluding hydrogens is 392 g/mol. The Kier molecular flexibility index (Phi) is 4.98. The van der Waals surface area contributed by atoms with Crippen LogP contribution in [0, 0.1) is 6.92 Å². The Balaban J connectivity index is 1.48. The molecule has 8 heteroatoms. The lowest BCUT2D eigenvalue weighted by Crippen LogP contribution is -2.31. The Hall–Kier alpha value is -2.48. The molecular formula is C17H15BrN2O5. The highest BCUT2D eigenvalue weighted by molar-refractivity contribution is 9.10. The maximum absolute atomic E-state index is 12.3. The van der Waals surface area contributed by atoms with Gasteiger partial charge in [0.15, 0.2) is 0 Å². The molecule has 0 atom stereocenters. The Labute approximate surface area is 152 Å². The predicted molar refractivity (Wildman–Crippen MR) is 89.8 cm³/mol. The first-order valence-electron chi connectivity index (χ1n) is 7.69. The van der Waals surface area contributed by atoms with Crippen LogP contribution in [0.3, 0.4) is 0 Å². The van der Waals surface area contributed by atoms with Crippen molar-refractivity contribution in [1.29, 1.82) is 0 Å². The number of aryl methyl sites for hydroxylation is 1. The number of amides is 2. The quantitative estimate of drug-likeness (QED) is 0.541. The van der Waals surface area contributed by atoms with Crippen molar-refractivity contribution in [2.45, 2.75) is 26.4 Å². The zero-order chi connectivity index (χ0) is 18.0. The Bertz CT molecular complexity index is 845. The number of rotatable bonds is 6. The summed E-state index contributed by atoms with van der Waals surface area (Å²) in [5.41, 5.74) is 1.30. The minimum absolute atomic E-state index is 0.0389. The summed E-state index contributed by atoms with van der Waals surface area (Å²) in [6.07, 6.45) is 0.442. The first-order valence-corrected chi connectivity index (χ1v) is 8.48. The minimum Gasteiger partial charge on any atom is -0.459 e. The first-order chi connectivity index (χ1) is 12.0. The molecule has 1 aromatic heterocycles. The first kappa shape index (κ1) is 17.3. The Morgan fingerprint density at radius 3 is 2.72 bits per heavy atom. The number of halogens is 1. The van der Waals surface area contributed by atoms with E-state index < -0.39 is 5.97 Å². The van der Waals surface area contributed by atoms with Crippen molar-refractivity contribution in [3.05, 3.63) is 51.3 Å². The van der Waals surface area contributed by atoms with E-state index in [-0.39, 0.29) is 31.4 Å². The van der Waals surface area contributed by atoms with Gasteiger partial charge in [0.1, 0.15) is 18.1 Å². The molecule has 2 aromatic rings. The molecule has 0 unspecified atom stereocenters. The molecule has 130 valence electrons. The Morgan fingerprint density at radius 2 is 2.00 bits per heavy atom. The summed E-state index contributed by atoms with van der Waals surface area (Å²) in [6.45, 7) is 1.96. The molecule has 25 heavy (non-hydrogen) atoms. The standard InChI is InChI=1S/C17H15BrN2O5/c1-10-7-12(19-25-10)9-24-15(21)3-2-6-20-16(22)13-5-4-11(18)8-14(13)17(20)23/h4-5,7-8H,2-3,6,9H2,1H3. The van der Waals surface area contributed by atoms with Crippen LogP contribution < -0.4 is 0 Å². The fourth-order valence-electron chi connectivity index (χ4n) is 2.56. The summed E-state index contributed by atoms with van der Waals surface area (Å²) in [6, 6.07) is 6.65. The molecule has 7 nitrogen and oxygen atoms in total. The summed E-state index contributed by atoms with van der Waals surface area (Å²) in [5.74, 6) is -0.449. The van der Waals surface area contributed by atoms with E-state index >= 15 is 0 Å². The number of benzene rings is 1. The highest BCUT2D eigenvalue weighted by Gasteiger charge is 2.35. The highest BCUT2D eigenvalue weighted by Crippen LogP contribution is 2.26. The summed E-state index contributed by atoms with van der Waals surface area (Å²) in [5, 5.41) is 3.73. The van der Waals surface area contributed by atoms with Gasteiger partial charge in [-0.2, -0.15) is 0 Å². The second-order valence-corrected chi connectivity index (χ2v) is 6.56. The molecule has 0 saturated carbocycles. The molecule has 0 bridgehead atoms. The molecule has 0 spiro atoms. The largest absolute Gasteiger partial charge is 0.459 e. The topological polar surface area (TPSA) is 89.7 Å². The summed E-state index contributed by atoms with van der Waals surface area (Å²) in [4.78, 5) is 37.5. The van der Waals surface area contributed by atoms with Gasteiger partial charge in [0.2, 0.25) is 0 Å². The van der Waals surface area contributed by atoms with E-state index in [1.807, 2.05) is 0 Å². The third kappa shape index (κ3) is 3.79. The van der Waals surface area contributed by atoms with E-state index in [0.717, 1.165) is 9.37 Å². The van der Waals surface area contributed by atoms with Crippen molar-refractivity contribution < 1.29 is 23.6 Å². The average molecular weight is 407 g/mol. The van der Waals surface area contributed by atoms with Crippen LogP contribution in [0.15, 0.2) is 33.3 Å². The molecule has 1 aromatic carbocycles. The number of carbonyl (C=O) groups is 3. The maximum Gasteiger partial charge on any atom is 0.306 e. The number of aromatic nitrogens is 1. The number of carbonyl (C=O) groups excluding carboxylic acids is 3. The van der Waals surface area contributed by atoms with Crippen molar-refractivity contribution >= 4 is 33.7 Å². The lowest BCUT2D eigenvalue weighted by atomic mass is 10.1. The van der Waals surface area contributed by atoms with E-state index in [2.05, 4.69) is 21.1 Å². The van der Waals surface area contributed by atoms with Gasteiger partial charge >= 0.3 is 5.97 Å². The maximum atomic E-state index is 12.3. The third-order valence-corrected chi connectivity index (χ3v) is 4.25. The zero-order valence-corrected chi connectivity index (χ0v) is 15.0. The molecule has 1 aliphatic heterocycles. The van der Waals surface area contributed by atoms with Crippen LogP contribution in [0.1, 0.15) is 45.0 Å². The van der Waals surface area contributed by atoms with Crippen LogP contribution in [0.25, 0.3) is 0 Å². The Morgan fingerprint density at radius 1 is 1.24 bits per heavy atom. The lowest BCUT2D eigenvalue weighted by Gasteiger charge is -2.13. The molecule has 0 N–H and O–H groups in total. The predicted octanol–water partition coefficient (Wildman–Crippen LogP) is 2.87. The summed E-state index contributed by atoms with van der Waals surface area (Å²) in [7, 11) is 0. The summed E-state index contributed by atoms with van der Waals surface area (Å²) < 4.78 is 10.7. The number of esters is 1. The van der Waals surface area contributed by atoms with Crippen molar-refractivity contribution in [3.8, 4) is 0 Å². The number of hydrogen-bond donors (Lipinski definition) is 0. The number of imide groups is 1. The van der Waals surface area contributed by atoms with Crippen molar-refractivity contribution in [2.24, 2.45) is 0 Å². The van der Waals surface area contributed by atoms with Gasteiger partial charge in [0, 0.05) is 23.5 Å². The van der Waals surface area contributed by atoms with Gasteiger partial charge in [-0.05, 0) is 31.5 Å². The van der Waals surface area contributed by atoms with Crippen molar-refractivity contribution in [2.75, 3.05) is 6.54 Å². The highest BCUT2D eigenvalue weighted by atomic mass is 79.9. The van der Waals surface area contributed by atoms with Crippen LogP contribution in [-0.4, -0.2) is 34.4 Å². The molecule has 0 saturated heterocycles. The van der Waals surface area contributed by atoms with E-state index in [1.54, 1.807) is 31.2 Å². The molecule has 0 radical (unpaired) electrons. The zero-order valence-electron chi connectivity index (χ0n) is 13.5. The van der Waals surface area contributed by atoms with Gasteiger partial charge in [-0.15, -0.1) is 0 Å². The molecule has 0 aliphatic carbocycles. The molecule has 3 rings (SSSR count). The minimum atomic E-state index is -0.417. The fourth-order valence-corrected chi connectivity index (χ4v) is 2.92. The second-order valence-electron chi connectivity index (χ2n) is 5.64. The van der Waals surface area contributed by atoms with E-state index in [0.29, 0.717) is 29.0 Å². The van der Waals surface area contributed by atoms with E-state index in [4.69, 9.17) is 9.26 Å². The van der Waals surface area contributed by atoms with Crippen LogP contribution in [0.4, 0.5) is 0 Å². The van der Waals surface area contributed by atoms with Gasteiger partial charge in [-0.25, -0.2) is 0 Å². The SMILES string of the molecule is Cc1cc(COC(=O)CCCN2C(=O)c3ccc(Br)cc3C2=O)no1. The normalized spacial score (nSPS) is 13.3. The number of fused-ring (bicyclic) bond motifs is 1. The monoisotopic (exact) mass is 406 g/mol. The lowest BCUT2D eigenvalue weighted by molar-refractivity contribution is -0.145. The smallest absolute Gasteiger partial charge is 0.306 e. The van der Waals surface area contributed by atoms with Crippen LogP contribution in [0.5, 0.6) is 0 Å². The van der Waals surface area contributed by atoms with Gasteiger partial charge < -0.3 is 9.26 Å². The number of nitrogens with zero attached hydrogens (tertiary/aromatic N) is 2. The molecule has 0 fully saturated rings. The molecule has 2 heterocycles. The fraction of sp³-hybridized carbons (Fsp3) is 0.294. The second kappa shape index (κ2) is 7.18. The van der Waals surface area contributed by atoms with Gasteiger partial charge in [-0.1, -0.05) is 21.1 Å². The third-order valence-electron chi connectivity index (χ3n) is 3.75. The van der Waals surface area contributed by atoms with Crippen molar-refractivity contribution in [1.82, 2.24) is 10.1 Å².